The number of rotatable bonds is 4. The van der Waals surface area contributed by atoms with Crippen molar-refractivity contribution in [3.63, 3.8) is 0 Å². The summed E-state index contributed by atoms with van der Waals surface area (Å²) in [6, 6.07) is 4.88. The molecule has 0 spiro atoms. The van der Waals surface area contributed by atoms with Crippen molar-refractivity contribution in [2.24, 2.45) is 0 Å². The Morgan fingerprint density at radius 3 is 2.94 bits per heavy atom. The Morgan fingerprint density at radius 1 is 1.56 bits per heavy atom. The summed E-state index contributed by atoms with van der Waals surface area (Å²) in [7, 11) is 1.91. The molecule has 0 bridgehead atoms. The van der Waals surface area contributed by atoms with Crippen LogP contribution in [-0.4, -0.2) is 31.4 Å². The molecule has 2 atom stereocenters. The largest absolute Gasteiger partial charge is 0.389 e. The van der Waals surface area contributed by atoms with E-state index in [4.69, 9.17) is 4.74 Å². The molecule has 2 rings (SSSR count). The molecule has 1 heterocycles. The standard InChI is InChI=1S/C14H20FNO2/c1-10(17)14-12(15)6-3-7-13(14)16(2)9-11-5-4-8-18-11/h3,6-7,10-11,17H,4-5,8-9H2,1-2H3. The van der Waals surface area contributed by atoms with Gasteiger partial charge in [0.25, 0.3) is 0 Å². The highest BCUT2D eigenvalue weighted by Gasteiger charge is 2.21. The summed E-state index contributed by atoms with van der Waals surface area (Å²) in [6.07, 6.45) is 1.53. The summed E-state index contributed by atoms with van der Waals surface area (Å²) in [5, 5.41) is 9.70. The van der Waals surface area contributed by atoms with Crippen LogP contribution in [0.4, 0.5) is 10.1 Å². The number of hydrogen-bond acceptors (Lipinski definition) is 3. The van der Waals surface area contributed by atoms with Crippen molar-refractivity contribution in [3.8, 4) is 0 Å². The van der Waals surface area contributed by atoms with Gasteiger partial charge >= 0.3 is 0 Å². The van der Waals surface area contributed by atoms with Crippen LogP contribution < -0.4 is 4.90 Å². The Kier molecular flexibility index (Phi) is 4.19. The highest BCUT2D eigenvalue weighted by Crippen LogP contribution is 2.29. The van der Waals surface area contributed by atoms with Crippen molar-refractivity contribution in [1.82, 2.24) is 0 Å². The Bertz CT molecular complexity index is 403. The van der Waals surface area contributed by atoms with Crippen LogP contribution in [0.5, 0.6) is 0 Å². The maximum absolute atomic E-state index is 13.8. The second-order valence-corrected chi connectivity index (χ2v) is 4.86. The molecular formula is C14H20FNO2. The number of anilines is 1. The Hall–Kier alpha value is -1.13. The number of likely N-dealkylation sites (N-methyl/N-ethyl adjacent to an activating group) is 1. The van der Waals surface area contributed by atoms with E-state index in [1.54, 1.807) is 13.0 Å². The van der Waals surface area contributed by atoms with Gasteiger partial charge in [0, 0.05) is 31.5 Å². The van der Waals surface area contributed by atoms with Crippen LogP contribution in [0, 0.1) is 5.82 Å². The lowest BCUT2D eigenvalue weighted by molar-refractivity contribution is 0.116. The van der Waals surface area contributed by atoms with Crippen LogP contribution in [-0.2, 0) is 4.74 Å². The van der Waals surface area contributed by atoms with Gasteiger partial charge in [-0.15, -0.1) is 0 Å². The molecule has 4 heteroatoms. The number of nitrogens with zero attached hydrogens (tertiary/aromatic N) is 1. The summed E-state index contributed by atoms with van der Waals surface area (Å²) in [4.78, 5) is 1.96. The first-order valence-corrected chi connectivity index (χ1v) is 6.39. The first-order valence-electron chi connectivity index (χ1n) is 6.39. The molecule has 100 valence electrons. The van der Waals surface area contributed by atoms with Crippen LogP contribution in [0.2, 0.25) is 0 Å². The SMILES string of the molecule is CC(O)c1c(F)cccc1N(C)CC1CCCO1. The molecular weight excluding hydrogens is 233 g/mol. The lowest BCUT2D eigenvalue weighted by atomic mass is 10.1. The molecule has 18 heavy (non-hydrogen) atoms. The summed E-state index contributed by atoms with van der Waals surface area (Å²) < 4.78 is 19.3. The number of aliphatic hydroxyl groups is 1. The minimum Gasteiger partial charge on any atom is -0.389 e. The maximum atomic E-state index is 13.8. The van der Waals surface area contributed by atoms with Crippen molar-refractivity contribution >= 4 is 5.69 Å². The van der Waals surface area contributed by atoms with E-state index in [-0.39, 0.29) is 11.9 Å². The van der Waals surface area contributed by atoms with Gasteiger partial charge in [-0.2, -0.15) is 0 Å². The first-order chi connectivity index (χ1) is 8.59. The number of ether oxygens (including phenoxy) is 1. The van der Waals surface area contributed by atoms with Crippen LogP contribution in [0.15, 0.2) is 18.2 Å². The molecule has 3 nitrogen and oxygen atoms in total. The molecule has 1 fully saturated rings. The van der Waals surface area contributed by atoms with Gasteiger partial charge in [-0.25, -0.2) is 4.39 Å². The van der Waals surface area contributed by atoms with Crippen LogP contribution >= 0.6 is 0 Å². The third-order valence-electron chi connectivity index (χ3n) is 3.36. The molecule has 1 aromatic rings. The normalized spacial score (nSPS) is 21.0. The summed E-state index contributed by atoms with van der Waals surface area (Å²) in [6.45, 7) is 3.12. The van der Waals surface area contributed by atoms with E-state index in [1.165, 1.54) is 6.07 Å². The number of hydrogen-bond donors (Lipinski definition) is 1. The van der Waals surface area contributed by atoms with Crippen molar-refractivity contribution in [3.05, 3.63) is 29.6 Å². The van der Waals surface area contributed by atoms with Crippen molar-refractivity contribution in [2.75, 3.05) is 25.1 Å². The summed E-state index contributed by atoms with van der Waals surface area (Å²) in [5.74, 6) is -0.360. The second kappa shape index (κ2) is 5.67. The molecule has 0 aromatic heterocycles. The molecule has 0 amide bonds. The highest BCUT2D eigenvalue weighted by atomic mass is 19.1. The fraction of sp³-hybridized carbons (Fsp3) is 0.571. The fourth-order valence-electron chi connectivity index (χ4n) is 2.46. The van der Waals surface area contributed by atoms with E-state index in [0.717, 1.165) is 31.7 Å². The third-order valence-corrected chi connectivity index (χ3v) is 3.36. The molecule has 1 saturated heterocycles. The molecule has 1 aliphatic heterocycles. The van der Waals surface area contributed by atoms with Gasteiger partial charge in [0.2, 0.25) is 0 Å². The summed E-state index contributed by atoms with van der Waals surface area (Å²) >= 11 is 0. The summed E-state index contributed by atoms with van der Waals surface area (Å²) in [5.41, 5.74) is 1.10. The van der Waals surface area contributed by atoms with Gasteiger partial charge in [0.15, 0.2) is 0 Å². The number of benzene rings is 1. The second-order valence-electron chi connectivity index (χ2n) is 4.86. The topological polar surface area (TPSA) is 32.7 Å². The molecule has 1 N–H and O–H groups in total. The minimum absolute atomic E-state index is 0.208. The third kappa shape index (κ3) is 2.82. The zero-order valence-electron chi connectivity index (χ0n) is 10.9. The first kappa shape index (κ1) is 13.3. The monoisotopic (exact) mass is 253 g/mol. The van der Waals surface area contributed by atoms with Gasteiger partial charge < -0.3 is 14.7 Å². The predicted octanol–water partition coefficient (Wildman–Crippen LogP) is 2.49. The molecule has 0 saturated carbocycles. The van der Waals surface area contributed by atoms with Crippen LogP contribution in [0.1, 0.15) is 31.4 Å². The number of halogens is 1. The predicted molar refractivity (Wildman–Crippen MR) is 69.3 cm³/mol. The number of aliphatic hydroxyl groups excluding tert-OH is 1. The quantitative estimate of drug-likeness (QED) is 0.895. The van der Waals surface area contributed by atoms with Gasteiger partial charge in [0.1, 0.15) is 5.82 Å². The Labute approximate surface area is 107 Å². The van der Waals surface area contributed by atoms with Gasteiger partial charge in [0.05, 0.1) is 12.2 Å². The molecule has 1 aliphatic rings. The Balaban J connectivity index is 2.18. The van der Waals surface area contributed by atoms with E-state index < -0.39 is 6.10 Å². The van der Waals surface area contributed by atoms with Crippen LogP contribution in [0.25, 0.3) is 0 Å². The van der Waals surface area contributed by atoms with E-state index in [0.29, 0.717) is 5.56 Å². The zero-order valence-corrected chi connectivity index (χ0v) is 10.9. The van der Waals surface area contributed by atoms with Gasteiger partial charge in [-0.05, 0) is 31.9 Å². The van der Waals surface area contributed by atoms with E-state index >= 15 is 0 Å². The highest BCUT2D eigenvalue weighted by molar-refractivity contribution is 5.54. The lowest BCUT2D eigenvalue weighted by Crippen LogP contribution is -2.29. The smallest absolute Gasteiger partial charge is 0.131 e. The van der Waals surface area contributed by atoms with Gasteiger partial charge in [-0.3, -0.25) is 0 Å². The van der Waals surface area contributed by atoms with E-state index in [9.17, 15) is 9.50 Å². The molecule has 2 unspecified atom stereocenters. The van der Waals surface area contributed by atoms with Crippen molar-refractivity contribution in [1.29, 1.82) is 0 Å². The zero-order chi connectivity index (χ0) is 13.1. The molecule has 0 aliphatic carbocycles. The minimum atomic E-state index is -0.812. The van der Waals surface area contributed by atoms with E-state index in [2.05, 4.69) is 0 Å². The Morgan fingerprint density at radius 2 is 2.33 bits per heavy atom. The average molecular weight is 253 g/mol. The molecule has 0 radical (unpaired) electrons. The van der Waals surface area contributed by atoms with Crippen molar-refractivity contribution in [2.45, 2.75) is 32.0 Å². The lowest BCUT2D eigenvalue weighted by Gasteiger charge is -2.26. The van der Waals surface area contributed by atoms with E-state index in [1.807, 2.05) is 18.0 Å². The van der Waals surface area contributed by atoms with Crippen molar-refractivity contribution < 1.29 is 14.2 Å². The fourth-order valence-corrected chi connectivity index (χ4v) is 2.46. The molecule has 1 aromatic carbocycles. The van der Waals surface area contributed by atoms with Gasteiger partial charge in [-0.1, -0.05) is 6.07 Å². The average Bonchev–Trinajstić information content (AvgIpc) is 2.80. The van der Waals surface area contributed by atoms with Crippen LogP contribution in [0.3, 0.4) is 0 Å². The maximum Gasteiger partial charge on any atom is 0.131 e.